The third-order valence-electron chi connectivity index (χ3n) is 5.90. The predicted octanol–water partition coefficient (Wildman–Crippen LogP) is 5.70. The van der Waals surface area contributed by atoms with Crippen LogP contribution in [-0.4, -0.2) is 44.7 Å². The summed E-state index contributed by atoms with van der Waals surface area (Å²) >= 11 is 6.11. The molecule has 1 saturated heterocycles. The Morgan fingerprint density at radius 3 is 2.33 bits per heavy atom. The molecule has 0 radical (unpaired) electrons. The molecule has 0 aliphatic carbocycles. The Morgan fingerprint density at radius 1 is 1.00 bits per heavy atom. The second-order valence-electron chi connectivity index (χ2n) is 9.27. The molecule has 0 amide bonds. The van der Waals surface area contributed by atoms with E-state index < -0.39 is 0 Å². The highest BCUT2D eigenvalue weighted by Crippen LogP contribution is 2.34. The molecule has 8 nitrogen and oxygen atoms in total. The predicted molar refractivity (Wildman–Crippen MR) is 137 cm³/mol. The average Bonchev–Trinajstić information content (AvgIpc) is 3.44. The van der Waals surface area contributed by atoms with Crippen LogP contribution in [0.2, 0.25) is 5.28 Å². The van der Waals surface area contributed by atoms with Crippen molar-refractivity contribution in [1.82, 2.24) is 19.7 Å². The summed E-state index contributed by atoms with van der Waals surface area (Å²) in [4.78, 5) is 8.50. The number of benzene rings is 2. The summed E-state index contributed by atoms with van der Waals surface area (Å²) in [5.41, 5.74) is 2.80. The largest absolute Gasteiger partial charge is 0.491 e. The molecule has 9 heteroatoms. The highest BCUT2D eigenvalue weighted by Gasteiger charge is 2.39. The molecule has 0 spiro atoms. The zero-order chi connectivity index (χ0) is 25.2. The van der Waals surface area contributed by atoms with Gasteiger partial charge >= 0.3 is 0 Å². The molecule has 3 atom stereocenters. The van der Waals surface area contributed by atoms with Gasteiger partial charge in [0.05, 0.1) is 6.10 Å². The molecule has 4 aromatic rings. The number of fused-ring (bicyclic) bond motifs is 1. The fourth-order valence-electron chi connectivity index (χ4n) is 4.07. The van der Waals surface area contributed by atoms with Gasteiger partial charge in [-0.05, 0) is 63.6 Å². The van der Waals surface area contributed by atoms with Crippen molar-refractivity contribution in [1.29, 1.82) is 0 Å². The van der Waals surface area contributed by atoms with Crippen molar-refractivity contribution in [3.8, 4) is 17.4 Å². The van der Waals surface area contributed by atoms with Gasteiger partial charge in [-0.2, -0.15) is 9.97 Å². The van der Waals surface area contributed by atoms with E-state index in [1.54, 1.807) is 4.68 Å². The topological polar surface area (TPSA) is 80.5 Å². The van der Waals surface area contributed by atoms with E-state index >= 15 is 0 Å². The van der Waals surface area contributed by atoms with Crippen molar-refractivity contribution in [2.75, 3.05) is 6.61 Å². The normalized spacial score (nSPS) is 19.7. The monoisotopic (exact) mass is 508 g/mol. The Labute approximate surface area is 215 Å². The Morgan fingerprint density at radius 2 is 1.67 bits per heavy atom. The number of nitrogens with zero attached hydrogens (tertiary/aromatic N) is 4. The van der Waals surface area contributed by atoms with Crippen molar-refractivity contribution in [2.24, 2.45) is 0 Å². The summed E-state index contributed by atoms with van der Waals surface area (Å²) in [5.74, 6) is 1.97. The fraction of sp³-hybridized carbons (Fsp3) is 0.370. The molecule has 1 aliphatic heterocycles. The first-order valence-electron chi connectivity index (χ1n) is 12.0. The summed E-state index contributed by atoms with van der Waals surface area (Å²) in [6.45, 7) is 8.29. The van der Waals surface area contributed by atoms with Crippen LogP contribution in [0, 0.1) is 13.8 Å². The number of aryl methyl sites for hydroxylation is 2. The molecular formula is C27H29ClN4O4. The van der Waals surface area contributed by atoms with Gasteiger partial charge in [0, 0.05) is 12.6 Å². The SMILES string of the molecule is Cc1ccc(OC[C@H]2O[C@@H](n3cc4c(OC(C)C)nc(Cl)nc4n3)C[C@@H]2Oc2ccc(C)cc2)cc1. The second-order valence-corrected chi connectivity index (χ2v) is 9.61. The highest BCUT2D eigenvalue weighted by atomic mass is 35.5. The summed E-state index contributed by atoms with van der Waals surface area (Å²) in [6, 6.07) is 15.9. The Hall–Kier alpha value is -3.36. The lowest BCUT2D eigenvalue weighted by Crippen LogP contribution is -2.32. The minimum Gasteiger partial charge on any atom is -0.491 e. The van der Waals surface area contributed by atoms with Crippen LogP contribution < -0.4 is 14.2 Å². The quantitative estimate of drug-likeness (QED) is 0.282. The van der Waals surface area contributed by atoms with Gasteiger partial charge in [-0.1, -0.05) is 35.4 Å². The maximum Gasteiger partial charge on any atom is 0.229 e. The van der Waals surface area contributed by atoms with E-state index in [1.807, 2.05) is 82.4 Å². The van der Waals surface area contributed by atoms with E-state index in [-0.39, 0.29) is 29.8 Å². The van der Waals surface area contributed by atoms with Crippen molar-refractivity contribution in [3.63, 3.8) is 0 Å². The molecule has 2 aromatic carbocycles. The minimum atomic E-state index is -0.382. The lowest BCUT2D eigenvalue weighted by molar-refractivity contribution is -0.0397. The minimum absolute atomic E-state index is 0.0687. The van der Waals surface area contributed by atoms with Gasteiger partial charge in [0.15, 0.2) is 11.9 Å². The van der Waals surface area contributed by atoms with Crippen molar-refractivity contribution >= 4 is 22.6 Å². The summed E-state index contributed by atoms with van der Waals surface area (Å²) in [6.07, 6.45) is 1.40. The van der Waals surface area contributed by atoms with Crippen molar-refractivity contribution in [3.05, 3.63) is 71.1 Å². The van der Waals surface area contributed by atoms with Crippen LogP contribution in [-0.2, 0) is 4.74 Å². The van der Waals surface area contributed by atoms with Gasteiger partial charge in [0.2, 0.25) is 11.2 Å². The van der Waals surface area contributed by atoms with Crippen LogP contribution in [0.1, 0.15) is 37.6 Å². The molecule has 2 aromatic heterocycles. The van der Waals surface area contributed by atoms with Gasteiger partial charge in [-0.3, -0.25) is 0 Å². The van der Waals surface area contributed by atoms with Gasteiger partial charge < -0.3 is 18.9 Å². The Balaban J connectivity index is 1.39. The molecule has 3 heterocycles. The molecule has 188 valence electrons. The number of hydrogen-bond donors (Lipinski definition) is 0. The molecule has 0 bridgehead atoms. The van der Waals surface area contributed by atoms with Crippen molar-refractivity contribution < 1.29 is 18.9 Å². The average molecular weight is 509 g/mol. The number of halogens is 1. The molecule has 0 unspecified atom stereocenters. The third-order valence-corrected chi connectivity index (χ3v) is 6.07. The molecule has 1 aliphatic rings. The van der Waals surface area contributed by atoms with Crippen LogP contribution in [0.5, 0.6) is 17.4 Å². The zero-order valence-electron chi connectivity index (χ0n) is 20.7. The van der Waals surface area contributed by atoms with E-state index in [0.717, 1.165) is 11.5 Å². The summed E-state index contributed by atoms with van der Waals surface area (Å²) in [7, 11) is 0. The second kappa shape index (κ2) is 10.3. The number of ether oxygens (including phenoxy) is 4. The van der Waals surface area contributed by atoms with Gasteiger partial charge in [0.25, 0.3) is 0 Å². The van der Waals surface area contributed by atoms with Crippen LogP contribution in [0.15, 0.2) is 54.7 Å². The summed E-state index contributed by atoms with van der Waals surface area (Å²) < 4.78 is 26.4. The first-order valence-corrected chi connectivity index (χ1v) is 12.4. The first-order chi connectivity index (χ1) is 17.3. The molecule has 36 heavy (non-hydrogen) atoms. The molecule has 1 fully saturated rings. The van der Waals surface area contributed by atoms with Gasteiger partial charge in [-0.25, -0.2) is 4.68 Å². The Kier molecular flexibility index (Phi) is 6.98. The van der Waals surface area contributed by atoms with E-state index in [1.165, 1.54) is 11.1 Å². The number of rotatable bonds is 8. The van der Waals surface area contributed by atoms with E-state index in [2.05, 4.69) is 15.1 Å². The van der Waals surface area contributed by atoms with Crippen molar-refractivity contribution in [2.45, 2.75) is 58.7 Å². The van der Waals surface area contributed by atoms with Crippen LogP contribution in [0.3, 0.4) is 0 Å². The van der Waals surface area contributed by atoms with E-state index in [0.29, 0.717) is 29.9 Å². The van der Waals surface area contributed by atoms with Crippen LogP contribution >= 0.6 is 11.6 Å². The molecule has 0 N–H and O–H groups in total. The fourth-order valence-corrected chi connectivity index (χ4v) is 4.23. The third kappa shape index (κ3) is 5.55. The van der Waals surface area contributed by atoms with Crippen LogP contribution in [0.25, 0.3) is 11.0 Å². The van der Waals surface area contributed by atoms with E-state index in [9.17, 15) is 0 Å². The zero-order valence-corrected chi connectivity index (χ0v) is 21.5. The summed E-state index contributed by atoms with van der Waals surface area (Å²) in [5, 5.41) is 5.38. The molecule has 5 rings (SSSR count). The highest BCUT2D eigenvalue weighted by molar-refractivity contribution is 6.28. The van der Waals surface area contributed by atoms with Crippen LogP contribution in [0.4, 0.5) is 0 Å². The number of aromatic nitrogens is 4. The maximum absolute atomic E-state index is 6.41. The standard InChI is InChI=1S/C27H29ClN4O4/c1-16(2)34-26-21-14-32(31-25(21)29-27(28)30-26)24-13-22(35-20-11-7-18(4)8-12-20)23(36-24)15-33-19-9-5-17(3)6-10-19/h5-12,14,16,22-24H,13,15H2,1-4H3/t22-,23+,24+/m0/s1. The molecule has 0 saturated carbocycles. The first kappa shape index (κ1) is 24.3. The van der Waals surface area contributed by atoms with Gasteiger partial charge in [-0.15, -0.1) is 5.10 Å². The molecular weight excluding hydrogens is 480 g/mol. The lowest BCUT2D eigenvalue weighted by atomic mass is 10.1. The number of hydrogen-bond acceptors (Lipinski definition) is 7. The smallest absolute Gasteiger partial charge is 0.229 e. The maximum atomic E-state index is 6.41. The Bertz CT molecular complexity index is 1320. The van der Waals surface area contributed by atoms with Gasteiger partial charge in [0.1, 0.15) is 35.7 Å². The lowest BCUT2D eigenvalue weighted by Gasteiger charge is -2.20. The van der Waals surface area contributed by atoms with E-state index in [4.69, 9.17) is 30.5 Å².